The van der Waals surface area contributed by atoms with Gasteiger partial charge >= 0.3 is 6.18 Å². The molecule has 1 N–H and O–H groups in total. The van der Waals surface area contributed by atoms with Gasteiger partial charge in [0, 0.05) is 11.8 Å². The summed E-state index contributed by atoms with van der Waals surface area (Å²) in [7, 11) is 0. The van der Waals surface area contributed by atoms with Crippen molar-refractivity contribution in [3.05, 3.63) is 51.9 Å². The lowest BCUT2D eigenvalue weighted by atomic mass is 10.2. The summed E-state index contributed by atoms with van der Waals surface area (Å²) in [4.78, 5) is 11.1. The third-order valence-corrected chi connectivity index (χ3v) is 2.37. The van der Waals surface area contributed by atoms with E-state index in [1.54, 1.807) is 6.92 Å². The van der Waals surface area contributed by atoms with Gasteiger partial charge in [-0.3, -0.25) is 14.6 Å². The molecular weight excluding hydrogens is 233 g/mol. The van der Waals surface area contributed by atoms with Crippen LogP contribution in [-0.4, -0.2) is 9.78 Å². The van der Waals surface area contributed by atoms with Crippen LogP contribution in [0.15, 0.2) is 35.1 Å². The molecule has 2 aromatic rings. The number of H-pyrrole nitrogens is 1. The summed E-state index contributed by atoms with van der Waals surface area (Å²) in [6.45, 7) is 1.69. The summed E-state index contributed by atoms with van der Waals surface area (Å²) < 4.78 is 38.5. The number of alkyl halides is 3. The third kappa shape index (κ3) is 2.25. The van der Waals surface area contributed by atoms with E-state index in [9.17, 15) is 18.0 Å². The second-order valence-corrected chi connectivity index (χ2v) is 3.64. The summed E-state index contributed by atoms with van der Waals surface area (Å²) in [6, 6.07) is 5.95. The molecule has 1 heterocycles. The number of rotatable bonds is 1. The Bertz CT molecular complexity index is 578. The Balaban J connectivity index is 2.43. The van der Waals surface area contributed by atoms with Crippen LogP contribution in [0, 0.1) is 6.92 Å². The molecule has 0 bridgehead atoms. The van der Waals surface area contributed by atoms with Gasteiger partial charge in [0.25, 0.3) is 5.56 Å². The minimum atomic E-state index is -4.35. The number of benzene rings is 1. The molecule has 0 saturated heterocycles. The van der Waals surface area contributed by atoms with Crippen LogP contribution < -0.4 is 5.56 Å². The predicted molar refractivity (Wildman–Crippen MR) is 56.1 cm³/mol. The zero-order valence-corrected chi connectivity index (χ0v) is 8.88. The maximum Gasteiger partial charge on any atom is 0.416 e. The second-order valence-electron chi connectivity index (χ2n) is 3.64. The van der Waals surface area contributed by atoms with E-state index in [1.807, 2.05) is 0 Å². The Labute approximate surface area is 94.5 Å². The molecule has 0 unspecified atom stereocenters. The highest BCUT2D eigenvalue weighted by Gasteiger charge is 2.30. The van der Waals surface area contributed by atoms with Crippen LogP contribution in [0.4, 0.5) is 13.2 Å². The van der Waals surface area contributed by atoms with Gasteiger partial charge in [0.1, 0.15) is 0 Å². The number of hydrogen-bond acceptors (Lipinski definition) is 1. The molecule has 0 radical (unpaired) electrons. The average molecular weight is 242 g/mol. The van der Waals surface area contributed by atoms with Crippen molar-refractivity contribution in [3.63, 3.8) is 0 Å². The summed E-state index contributed by atoms with van der Waals surface area (Å²) in [5, 5.41) is 2.50. The quantitative estimate of drug-likeness (QED) is 0.819. The number of hydrogen-bond donors (Lipinski definition) is 1. The molecule has 17 heavy (non-hydrogen) atoms. The maximum atomic E-state index is 12.3. The number of halogens is 3. The molecule has 90 valence electrons. The smallest absolute Gasteiger partial charge is 0.268 e. The molecule has 2 rings (SSSR count). The van der Waals surface area contributed by atoms with Crippen molar-refractivity contribution in [1.82, 2.24) is 9.78 Å². The van der Waals surface area contributed by atoms with Gasteiger partial charge in [-0.1, -0.05) is 0 Å². The number of aromatic nitrogens is 2. The average Bonchev–Trinajstić information content (AvgIpc) is 2.57. The van der Waals surface area contributed by atoms with Crippen molar-refractivity contribution >= 4 is 0 Å². The van der Waals surface area contributed by atoms with Gasteiger partial charge in [0.05, 0.1) is 11.3 Å². The first kappa shape index (κ1) is 11.5. The highest BCUT2D eigenvalue weighted by Crippen LogP contribution is 2.29. The van der Waals surface area contributed by atoms with Gasteiger partial charge in [0.15, 0.2) is 0 Å². The number of aromatic amines is 1. The monoisotopic (exact) mass is 242 g/mol. The van der Waals surface area contributed by atoms with E-state index in [2.05, 4.69) is 5.10 Å². The summed E-state index contributed by atoms with van der Waals surface area (Å²) in [5.41, 5.74) is 0.114. The van der Waals surface area contributed by atoms with E-state index < -0.39 is 11.7 Å². The number of aryl methyl sites for hydroxylation is 1. The van der Waals surface area contributed by atoms with Crippen molar-refractivity contribution in [1.29, 1.82) is 0 Å². The first-order valence-electron chi connectivity index (χ1n) is 4.84. The Morgan fingerprint density at radius 2 is 1.76 bits per heavy atom. The minimum absolute atomic E-state index is 0.289. The summed E-state index contributed by atoms with van der Waals surface area (Å²) >= 11 is 0. The first-order chi connectivity index (χ1) is 7.88. The molecule has 0 aliphatic carbocycles. The second kappa shape index (κ2) is 3.80. The predicted octanol–water partition coefficient (Wildman–Crippen LogP) is 2.49. The van der Waals surface area contributed by atoms with Crippen LogP contribution in [-0.2, 0) is 6.18 Å². The zero-order chi connectivity index (χ0) is 12.6. The molecular formula is C11H9F3N2O. The normalized spacial score (nSPS) is 11.8. The lowest BCUT2D eigenvalue weighted by molar-refractivity contribution is -0.137. The first-order valence-corrected chi connectivity index (χ1v) is 4.84. The van der Waals surface area contributed by atoms with Gasteiger partial charge < -0.3 is 0 Å². The van der Waals surface area contributed by atoms with Crippen LogP contribution >= 0.6 is 0 Å². The van der Waals surface area contributed by atoms with Crippen LogP contribution in [0.25, 0.3) is 5.69 Å². The van der Waals surface area contributed by atoms with Gasteiger partial charge in [0.2, 0.25) is 0 Å². The molecule has 3 nitrogen and oxygen atoms in total. The van der Waals surface area contributed by atoms with E-state index in [1.165, 1.54) is 22.9 Å². The summed E-state index contributed by atoms with van der Waals surface area (Å²) in [6.07, 6.45) is -4.35. The van der Waals surface area contributed by atoms with Gasteiger partial charge in [-0.05, 0) is 31.2 Å². The van der Waals surface area contributed by atoms with Crippen LogP contribution in [0.1, 0.15) is 11.3 Å². The highest BCUT2D eigenvalue weighted by atomic mass is 19.4. The van der Waals surface area contributed by atoms with Crippen LogP contribution in [0.5, 0.6) is 0 Å². The van der Waals surface area contributed by atoms with Gasteiger partial charge in [-0.25, -0.2) is 0 Å². The fourth-order valence-corrected chi connectivity index (χ4v) is 1.55. The highest BCUT2D eigenvalue weighted by molar-refractivity contribution is 5.36. The van der Waals surface area contributed by atoms with E-state index in [0.717, 1.165) is 12.1 Å². The zero-order valence-electron chi connectivity index (χ0n) is 8.88. The molecule has 1 aromatic carbocycles. The Hall–Kier alpha value is -1.98. The largest absolute Gasteiger partial charge is 0.416 e. The fourth-order valence-electron chi connectivity index (χ4n) is 1.55. The molecule has 0 aliphatic heterocycles. The van der Waals surface area contributed by atoms with E-state index in [4.69, 9.17) is 0 Å². The Kier molecular flexibility index (Phi) is 2.57. The minimum Gasteiger partial charge on any atom is -0.268 e. The molecule has 0 aliphatic rings. The van der Waals surface area contributed by atoms with Crippen molar-refractivity contribution in [2.45, 2.75) is 13.1 Å². The molecule has 0 amide bonds. The third-order valence-electron chi connectivity index (χ3n) is 2.37. The standard InChI is InChI=1S/C11H9F3N2O/c1-7-6-10(17)15-16(7)9-4-2-8(3-5-9)11(12,13)14/h2-6H,1H3,(H,15,17). The van der Waals surface area contributed by atoms with E-state index in [-0.39, 0.29) is 5.56 Å². The van der Waals surface area contributed by atoms with Crippen molar-refractivity contribution < 1.29 is 13.2 Å². The molecule has 1 aromatic heterocycles. The van der Waals surface area contributed by atoms with Crippen LogP contribution in [0.3, 0.4) is 0 Å². The molecule has 6 heteroatoms. The number of nitrogens with zero attached hydrogens (tertiary/aromatic N) is 1. The van der Waals surface area contributed by atoms with Crippen molar-refractivity contribution in [2.75, 3.05) is 0 Å². The molecule has 0 atom stereocenters. The lowest BCUT2D eigenvalue weighted by Crippen LogP contribution is -2.07. The van der Waals surface area contributed by atoms with E-state index in [0.29, 0.717) is 11.4 Å². The fraction of sp³-hybridized carbons (Fsp3) is 0.182. The lowest BCUT2D eigenvalue weighted by Gasteiger charge is -2.09. The van der Waals surface area contributed by atoms with Crippen molar-refractivity contribution in [2.24, 2.45) is 0 Å². The topological polar surface area (TPSA) is 37.8 Å². The Morgan fingerprint density at radius 1 is 1.18 bits per heavy atom. The molecule has 0 saturated carbocycles. The van der Waals surface area contributed by atoms with Crippen LogP contribution in [0.2, 0.25) is 0 Å². The van der Waals surface area contributed by atoms with E-state index >= 15 is 0 Å². The SMILES string of the molecule is Cc1cc(=O)[nH]n1-c1ccc(C(F)(F)F)cc1. The summed E-state index contributed by atoms with van der Waals surface area (Å²) in [5.74, 6) is 0. The van der Waals surface area contributed by atoms with Crippen molar-refractivity contribution in [3.8, 4) is 5.69 Å². The molecule has 0 spiro atoms. The Morgan fingerprint density at radius 3 is 2.18 bits per heavy atom. The van der Waals surface area contributed by atoms with Gasteiger partial charge in [-0.2, -0.15) is 13.2 Å². The molecule has 0 fully saturated rings. The maximum absolute atomic E-state index is 12.3. The van der Waals surface area contributed by atoms with Gasteiger partial charge in [-0.15, -0.1) is 0 Å². The number of nitrogens with one attached hydrogen (secondary N) is 1.